The maximum absolute atomic E-state index is 12.9. The SMILES string of the molecule is CCNCc1oc(COc2ccc(F)cc2Cl)cc1C. The highest BCUT2D eigenvalue weighted by Gasteiger charge is 2.09. The minimum Gasteiger partial charge on any atom is -0.484 e. The molecule has 1 heterocycles. The summed E-state index contributed by atoms with van der Waals surface area (Å²) in [5.74, 6) is 1.67. The van der Waals surface area contributed by atoms with Crippen molar-refractivity contribution < 1.29 is 13.5 Å². The van der Waals surface area contributed by atoms with Crippen molar-refractivity contribution in [3.8, 4) is 5.75 Å². The van der Waals surface area contributed by atoms with Crippen LogP contribution in [0.2, 0.25) is 5.02 Å². The summed E-state index contributed by atoms with van der Waals surface area (Å²) in [5.41, 5.74) is 1.08. The zero-order valence-electron chi connectivity index (χ0n) is 11.5. The molecule has 0 atom stereocenters. The second kappa shape index (κ2) is 6.77. The first-order valence-corrected chi connectivity index (χ1v) is 6.84. The van der Waals surface area contributed by atoms with E-state index in [2.05, 4.69) is 5.32 Å². The second-order valence-electron chi connectivity index (χ2n) is 4.46. The highest BCUT2D eigenvalue weighted by molar-refractivity contribution is 6.32. The Morgan fingerprint density at radius 2 is 2.15 bits per heavy atom. The van der Waals surface area contributed by atoms with Gasteiger partial charge in [0.25, 0.3) is 0 Å². The first-order valence-electron chi connectivity index (χ1n) is 6.47. The van der Waals surface area contributed by atoms with Gasteiger partial charge in [-0.15, -0.1) is 0 Å². The van der Waals surface area contributed by atoms with Crippen molar-refractivity contribution in [2.45, 2.75) is 27.0 Å². The summed E-state index contributed by atoms with van der Waals surface area (Å²) in [6, 6.07) is 5.98. The number of hydrogen-bond acceptors (Lipinski definition) is 3. The first-order chi connectivity index (χ1) is 9.60. The molecule has 1 aromatic heterocycles. The van der Waals surface area contributed by atoms with Gasteiger partial charge < -0.3 is 14.5 Å². The van der Waals surface area contributed by atoms with Gasteiger partial charge in [0.05, 0.1) is 11.6 Å². The second-order valence-corrected chi connectivity index (χ2v) is 4.87. The third kappa shape index (κ3) is 3.74. The summed E-state index contributed by atoms with van der Waals surface area (Å²) in [6.45, 7) is 5.87. The zero-order valence-corrected chi connectivity index (χ0v) is 12.3. The molecule has 0 amide bonds. The Balaban J connectivity index is 2.00. The standard InChI is InChI=1S/C15H17ClFNO2/c1-3-18-8-15-10(2)6-12(20-15)9-19-14-5-4-11(17)7-13(14)16/h4-7,18H,3,8-9H2,1-2H3. The predicted octanol–water partition coefficient (Wildman–Crippen LogP) is 4.07. The van der Waals surface area contributed by atoms with Crippen LogP contribution in [0.5, 0.6) is 5.75 Å². The molecule has 2 aromatic rings. The fraction of sp³-hybridized carbons (Fsp3) is 0.333. The van der Waals surface area contributed by atoms with Crippen molar-refractivity contribution >= 4 is 11.6 Å². The number of benzene rings is 1. The van der Waals surface area contributed by atoms with E-state index in [-0.39, 0.29) is 17.4 Å². The lowest BCUT2D eigenvalue weighted by atomic mass is 10.2. The van der Waals surface area contributed by atoms with Gasteiger partial charge in [0.15, 0.2) is 0 Å². The van der Waals surface area contributed by atoms with Crippen molar-refractivity contribution in [2.24, 2.45) is 0 Å². The van der Waals surface area contributed by atoms with Crippen LogP contribution in [0, 0.1) is 12.7 Å². The minimum absolute atomic E-state index is 0.251. The Labute approximate surface area is 122 Å². The third-order valence-electron chi connectivity index (χ3n) is 2.87. The van der Waals surface area contributed by atoms with Gasteiger partial charge in [-0.3, -0.25) is 0 Å². The molecule has 0 aliphatic heterocycles. The molecule has 1 N–H and O–H groups in total. The predicted molar refractivity (Wildman–Crippen MR) is 76.6 cm³/mol. The van der Waals surface area contributed by atoms with Crippen LogP contribution in [-0.2, 0) is 13.2 Å². The lowest BCUT2D eigenvalue weighted by Crippen LogP contribution is -2.11. The van der Waals surface area contributed by atoms with Gasteiger partial charge in [-0.25, -0.2) is 4.39 Å². The molecule has 5 heteroatoms. The Morgan fingerprint density at radius 1 is 1.35 bits per heavy atom. The van der Waals surface area contributed by atoms with Crippen LogP contribution in [-0.4, -0.2) is 6.54 Å². The fourth-order valence-corrected chi connectivity index (χ4v) is 2.04. The van der Waals surface area contributed by atoms with Crippen molar-refractivity contribution in [3.63, 3.8) is 0 Å². The van der Waals surface area contributed by atoms with Crippen molar-refractivity contribution in [1.82, 2.24) is 5.32 Å². The normalized spacial score (nSPS) is 10.8. The molecule has 0 saturated carbocycles. The number of halogens is 2. The van der Waals surface area contributed by atoms with Crippen molar-refractivity contribution in [1.29, 1.82) is 0 Å². The summed E-state index contributed by atoms with van der Waals surface area (Å²) in [7, 11) is 0. The number of ether oxygens (including phenoxy) is 1. The van der Waals surface area contributed by atoms with Gasteiger partial charge in [0.1, 0.15) is 29.7 Å². The first kappa shape index (κ1) is 14.9. The maximum Gasteiger partial charge on any atom is 0.146 e. The molecule has 1 aromatic carbocycles. The number of nitrogens with one attached hydrogen (secondary N) is 1. The van der Waals surface area contributed by atoms with Gasteiger partial charge in [-0.1, -0.05) is 18.5 Å². The highest BCUT2D eigenvalue weighted by Crippen LogP contribution is 2.26. The topological polar surface area (TPSA) is 34.4 Å². The molecule has 0 fully saturated rings. The van der Waals surface area contributed by atoms with E-state index in [4.69, 9.17) is 20.8 Å². The summed E-state index contributed by atoms with van der Waals surface area (Å²) >= 11 is 5.90. The Bertz CT molecular complexity index is 583. The van der Waals surface area contributed by atoms with E-state index in [0.717, 1.165) is 23.6 Å². The summed E-state index contributed by atoms with van der Waals surface area (Å²) in [6.07, 6.45) is 0. The van der Waals surface area contributed by atoms with Crippen LogP contribution in [0.3, 0.4) is 0 Å². The van der Waals surface area contributed by atoms with Gasteiger partial charge >= 0.3 is 0 Å². The van der Waals surface area contributed by atoms with Gasteiger partial charge in [0.2, 0.25) is 0 Å². The van der Waals surface area contributed by atoms with Gasteiger partial charge in [-0.2, -0.15) is 0 Å². The van der Waals surface area contributed by atoms with Crippen molar-refractivity contribution in [3.05, 3.63) is 52.2 Å². The number of aryl methyl sites for hydroxylation is 1. The van der Waals surface area contributed by atoms with E-state index in [9.17, 15) is 4.39 Å². The summed E-state index contributed by atoms with van der Waals surface area (Å²) < 4.78 is 24.2. The van der Waals surface area contributed by atoms with Crippen LogP contribution in [0.15, 0.2) is 28.7 Å². The van der Waals surface area contributed by atoms with E-state index < -0.39 is 0 Å². The molecule has 20 heavy (non-hydrogen) atoms. The van der Waals surface area contributed by atoms with E-state index in [0.29, 0.717) is 12.3 Å². The van der Waals surface area contributed by atoms with Crippen LogP contribution >= 0.6 is 11.6 Å². The van der Waals surface area contributed by atoms with E-state index in [1.54, 1.807) is 0 Å². The highest BCUT2D eigenvalue weighted by atomic mass is 35.5. The van der Waals surface area contributed by atoms with E-state index >= 15 is 0 Å². The fourth-order valence-electron chi connectivity index (χ4n) is 1.82. The quantitative estimate of drug-likeness (QED) is 0.873. The van der Waals surface area contributed by atoms with E-state index in [1.165, 1.54) is 18.2 Å². The molecule has 0 radical (unpaired) electrons. The lowest BCUT2D eigenvalue weighted by molar-refractivity contribution is 0.265. The summed E-state index contributed by atoms with van der Waals surface area (Å²) in [4.78, 5) is 0. The Kier molecular flexibility index (Phi) is 5.04. The van der Waals surface area contributed by atoms with Crippen LogP contribution in [0.25, 0.3) is 0 Å². The van der Waals surface area contributed by atoms with Crippen LogP contribution in [0.1, 0.15) is 24.0 Å². The Hall–Kier alpha value is -1.52. The largest absolute Gasteiger partial charge is 0.484 e. The Morgan fingerprint density at radius 3 is 2.85 bits per heavy atom. The third-order valence-corrected chi connectivity index (χ3v) is 3.17. The molecule has 0 bridgehead atoms. The van der Waals surface area contributed by atoms with Crippen LogP contribution < -0.4 is 10.1 Å². The average molecular weight is 298 g/mol. The molecular weight excluding hydrogens is 281 g/mol. The van der Waals surface area contributed by atoms with Gasteiger partial charge in [0, 0.05) is 0 Å². The molecule has 0 spiro atoms. The molecule has 0 unspecified atom stereocenters. The molecule has 0 aliphatic rings. The van der Waals surface area contributed by atoms with E-state index in [1.807, 2.05) is 19.9 Å². The molecule has 0 saturated heterocycles. The average Bonchev–Trinajstić information content (AvgIpc) is 2.76. The molecule has 3 nitrogen and oxygen atoms in total. The number of hydrogen-bond donors (Lipinski definition) is 1. The maximum atomic E-state index is 12.9. The molecule has 2 rings (SSSR count). The number of rotatable bonds is 6. The van der Waals surface area contributed by atoms with Gasteiger partial charge in [-0.05, 0) is 43.3 Å². The number of furan rings is 1. The van der Waals surface area contributed by atoms with Crippen LogP contribution in [0.4, 0.5) is 4.39 Å². The molecule has 0 aliphatic carbocycles. The monoisotopic (exact) mass is 297 g/mol. The summed E-state index contributed by atoms with van der Waals surface area (Å²) in [5, 5.41) is 3.46. The zero-order chi connectivity index (χ0) is 14.5. The molecule has 108 valence electrons. The molecular formula is C15H17ClFNO2. The van der Waals surface area contributed by atoms with Crippen molar-refractivity contribution in [2.75, 3.05) is 6.54 Å². The minimum atomic E-state index is -0.385. The smallest absolute Gasteiger partial charge is 0.146 e. The lowest BCUT2D eigenvalue weighted by Gasteiger charge is -2.06.